The van der Waals surface area contributed by atoms with E-state index in [9.17, 15) is 19.2 Å². The maximum absolute atomic E-state index is 12.7. The van der Waals surface area contributed by atoms with Crippen LogP contribution in [0.2, 0.25) is 0 Å². The first-order chi connectivity index (χ1) is 13.9. The Bertz CT molecular complexity index is 1020. The number of carbonyl (C=O) groups is 4. The molecule has 11 nitrogen and oxygen atoms in total. The number of aromatic nitrogens is 3. The number of primary amides is 1. The zero-order valence-electron chi connectivity index (χ0n) is 15.4. The Balaban J connectivity index is 1.49. The van der Waals surface area contributed by atoms with E-state index in [1.165, 1.54) is 4.90 Å². The van der Waals surface area contributed by atoms with Crippen molar-refractivity contribution in [3.8, 4) is 5.69 Å². The van der Waals surface area contributed by atoms with E-state index in [0.717, 1.165) is 11.3 Å². The molecule has 1 atom stereocenters. The summed E-state index contributed by atoms with van der Waals surface area (Å²) in [6, 6.07) is 4.05. The lowest BCUT2D eigenvalue weighted by atomic mass is 10.0. The topological polar surface area (TPSA) is 152 Å². The van der Waals surface area contributed by atoms with Gasteiger partial charge in [-0.25, -0.2) is 9.48 Å². The summed E-state index contributed by atoms with van der Waals surface area (Å²) >= 11 is 0. The summed E-state index contributed by atoms with van der Waals surface area (Å²) in [6.45, 7) is 0.645. The molecule has 5 amide bonds. The van der Waals surface area contributed by atoms with Crippen LogP contribution in [-0.4, -0.2) is 56.2 Å². The SMILES string of the molecule is NC(=O)NCCc1cn(-c2ccc3c(c2)CN(C2CCC(=O)NC2=O)C3=O)nn1. The first kappa shape index (κ1) is 18.6. The van der Waals surface area contributed by atoms with Crippen molar-refractivity contribution < 1.29 is 19.2 Å². The number of rotatable bonds is 5. The van der Waals surface area contributed by atoms with E-state index < -0.39 is 18.0 Å². The van der Waals surface area contributed by atoms with Crippen molar-refractivity contribution in [2.45, 2.75) is 31.8 Å². The maximum atomic E-state index is 12.7. The number of nitrogens with zero attached hydrogens (tertiary/aromatic N) is 4. The number of hydrogen-bond donors (Lipinski definition) is 3. The molecule has 11 heteroatoms. The highest BCUT2D eigenvalue weighted by Gasteiger charge is 2.39. The van der Waals surface area contributed by atoms with Gasteiger partial charge in [0, 0.05) is 31.5 Å². The van der Waals surface area contributed by atoms with Crippen LogP contribution in [0.1, 0.15) is 34.5 Å². The molecule has 1 saturated heterocycles. The molecule has 150 valence electrons. The van der Waals surface area contributed by atoms with Crippen LogP contribution in [0.5, 0.6) is 0 Å². The minimum atomic E-state index is -0.647. The van der Waals surface area contributed by atoms with E-state index in [1.54, 1.807) is 23.0 Å². The highest BCUT2D eigenvalue weighted by atomic mass is 16.2. The van der Waals surface area contributed by atoms with Gasteiger partial charge < -0.3 is 16.0 Å². The van der Waals surface area contributed by atoms with E-state index in [-0.39, 0.29) is 18.2 Å². The molecule has 1 aromatic heterocycles. The van der Waals surface area contributed by atoms with Gasteiger partial charge in [-0.1, -0.05) is 5.21 Å². The third kappa shape index (κ3) is 3.66. The minimum absolute atomic E-state index is 0.216. The number of benzene rings is 1. The zero-order chi connectivity index (χ0) is 20.5. The molecule has 0 bridgehead atoms. The number of urea groups is 1. The molecule has 0 spiro atoms. The summed E-state index contributed by atoms with van der Waals surface area (Å²) in [4.78, 5) is 48.4. The van der Waals surface area contributed by atoms with Crippen LogP contribution in [0, 0.1) is 0 Å². The molecule has 2 aliphatic heterocycles. The van der Waals surface area contributed by atoms with Crippen molar-refractivity contribution in [1.29, 1.82) is 0 Å². The van der Waals surface area contributed by atoms with Crippen LogP contribution in [0.3, 0.4) is 0 Å². The number of carbonyl (C=O) groups excluding carboxylic acids is 4. The van der Waals surface area contributed by atoms with Crippen LogP contribution < -0.4 is 16.4 Å². The Labute approximate surface area is 165 Å². The fourth-order valence-corrected chi connectivity index (χ4v) is 3.56. The van der Waals surface area contributed by atoms with E-state index in [1.807, 2.05) is 6.07 Å². The molecule has 2 aliphatic rings. The summed E-state index contributed by atoms with van der Waals surface area (Å²) in [5.74, 6) is -0.975. The van der Waals surface area contributed by atoms with E-state index in [2.05, 4.69) is 20.9 Å². The van der Waals surface area contributed by atoms with Gasteiger partial charge in [-0.05, 0) is 30.2 Å². The van der Waals surface area contributed by atoms with Gasteiger partial charge in [-0.15, -0.1) is 5.10 Å². The number of imide groups is 1. The van der Waals surface area contributed by atoms with Crippen LogP contribution in [-0.2, 0) is 22.6 Å². The highest BCUT2D eigenvalue weighted by Crippen LogP contribution is 2.28. The minimum Gasteiger partial charge on any atom is -0.352 e. The molecule has 0 saturated carbocycles. The molecule has 4 rings (SSSR count). The van der Waals surface area contributed by atoms with Crippen LogP contribution in [0.25, 0.3) is 5.69 Å². The molecule has 4 N–H and O–H groups in total. The van der Waals surface area contributed by atoms with Gasteiger partial charge in [-0.3, -0.25) is 19.7 Å². The average molecular weight is 397 g/mol. The average Bonchev–Trinajstić information content (AvgIpc) is 3.26. The molecule has 1 unspecified atom stereocenters. The van der Waals surface area contributed by atoms with Gasteiger partial charge >= 0.3 is 6.03 Å². The number of nitrogens with two attached hydrogens (primary N) is 1. The lowest BCUT2D eigenvalue weighted by molar-refractivity contribution is -0.136. The predicted octanol–water partition coefficient (Wildman–Crippen LogP) is -0.761. The lowest BCUT2D eigenvalue weighted by Crippen LogP contribution is -2.52. The second-order valence-electron chi connectivity index (χ2n) is 6.94. The quantitative estimate of drug-likeness (QED) is 0.564. The summed E-state index contributed by atoms with van der Waals surface area (Å²) in [5.41, 5.74) is 7.75. The zero-order valence-corrected chi connectivity index (χ0v) is 15.4. The Morgan fingerprint density at radius 1 is 1.31 bits per heavy atom. The first-order valence-corrected chi connectivity index (χ1v) is 9.15. The van der Waals surface area contributed by atoms with Gasteiger partial charge in [-0.2, -0.15) is 0 Å². The van der Waals surface area contributed by atoms with Gasteiger partial charge in [0.1, 0.15) is 6.04 Å². The van der Waals surface area contributed by atoms with Crippen LogP contribution >= 0.6 is 0 Å². The Hall–Kier alpha value is -3.76. The van der Waals surface area contributed by atoms with E-state index in [4.69, 9.17) is 5.73 Å². The second kappa shape index (κ2) is 7.34. The Morgan fingerprint density at radius 2 is 2.14 bits per heavy atom. The van der Waals surface area contributed by atoms with Gasteiger partial charge in [0.2, 0.25) is 11.8 Å². The summed E-state index contributed by atoms with van der Waals surface area (Å²) in [5, 5.41) is 12.9. The molecular formula is C18H19N7O4. The molecule has 3 heterocycles. The van der Waals surface area contributed by atoms with Crippen LogP contribution in [0.15, 0.2) is 24.4 Å². The first-order valence-electron chi connectivity index (χ1n) is 9.15. The molecule has 2 aromatic rings. The predicted molar refractivity (Wildman–Crippen MR) is 98.7 cm³/mol. The third-order valence-corrected chi connectivity index (χ3v) is 4.99. The largest absolute Gasteiger partial charge is 0.352 e. The van der Waals surface area contributed by atoms with Crippen molar-refractivity contribution in [2.24, 2.45) is 5.73 Å². The third-order valence-electron chi connectivity index (χ3n) is 4.99. The summed E-state index contributed by atoms with van der Waals surface area (Å²) in [7, 11) is 0. The Morgan fingerprint density at radius 3 is 2.90 bits per heavy atom. The molecule has 0 aliphatic carbocycles. The van der Waals surface area contributed by atoms with E-state index in [0.29, 0.717) is 37.2 Å². The van der Waals surface area contributed by atoms with Crippen molar-refractivity contribution in [1.82, 2.24) is 30.5 Å². The number of fused-ring (bicyclic) bond motifs is 1. The smallest absolute Gasteiger partial charge is 0.312 e. The van der Waals surface area contributed by atoms with Crippen molar-refractivity contribution in [3.05, 3.63) is 41.2 Å². The number of nitrogens with one attached hydrogen (secondary N) is 2. The van der Waals surface area contributed by atoms with Gasteiger partial charge in [0.05, 0.1) is 17.6 Å². The standard InChI is InChI=1S/C18H19N7O4/c19-18(29)20-6-5-11-9-25(23-22-11)12-1-2-13-10(7-12)8-24(17(13)28)14-3-4-15(26)21-16(14)27/h1-2,7,9,14H,3-6,8H2,(H3,19,20,29)(H,21,26,27). The number of amides is 5. The molecular weight excluding hydrogens is 378 g/mol. The number of hydrogen-bond acceptors (Lipinski definition) is 6. The lowest BCUT2D eigenvalue weighted by Gasteiger charge is -2.29. The Kier molecular flexibility index (Phi) is 4.71. The molecule has 0 radical (unpaired) electrons. The van der Waals surface area contributed by atoms with Gasteiger partial charge in [0.25, 0.3) is 5.91 Å². The fourth-order valence-electron chi connectivity index (χ4n) is 3.56. The van der Waals surface area contributed by atoms with Crippen molar-refractivity contribution in [2.75, 3.05) is 6.54 Å². The molecule has 29 heavy (non-hydrogen) atoms. The fraction of sp³-hybridized carbons (Fsp3) is 0.333. The molecule has 1 fully saturated rings. The normalized spacial score (nSPS) is 18.6. The van der Waals surface area contributed by atoms with Crippen molar-refractivity contribution >= 4 is 23.8 Å². The second-order valence-corrected chi connectivity index (χ2v) is 6.94. The summed E-state index contributed by atoms with van der Waals surface area (Å²) < 4.78 is 1.58. The number of piperidine rings is 1. The monoisotopic (exact) mass is 397 g/mol. The van der Waals surface area contributed by atoms with E-state index >= 15 is 0 Å². The maximum Gasteiger partial charge on any atom is 0.312 e. The summed E-state index contributed by atoms with van der Waals surface area (Å²) in [6.07, 6.45) is 2.76. The van der Waals surface area contributed by atoms with Crippen LogP contribution in [0.4, 0.5) is 4.79 Å². The van der Waals surface area contributed by atoms with Gasteiger partial charge in [0.15, 0.2) is 0 Å². The van der Waals surface area contributed by atoms with Crippen molar-refractivity contribution in [3.63, 3.8) is 0 Å². The highest BCUT2D eigenvalue weighted by molar-refractivity contribution is 6.05. The molecule has 1 aromatic carbocycles.